The number of hydrogen-bond donors (Lipinski definition) is 1. The summed E-state index contributed by atoms with van der Waals surface area (Å²) in [6.07, 6.45) is 3.34. The highest BCUT2D eigenvalue weighted by molar-refractivity contribution is 7.80. The maximum atomic E-state index is 5.77. The fourth-order valence-corrected chi connectivity index (χ4v) is 1.88. The van der Waals surface area contributed by atoms with E-state index in [1.165, 1.54) is 5.56 Å². The maximum Gasteiger partial charge on any atom is 0.130 e. The second-order valence-electron chi connectivity index (χ2n) is 3.90. The van der Waals surface area contributed by atoms with Crippen LogP contribution in [0.4, 0.5) is 5.82 Å². The monoisotopic (exact) mass is 276 g/mol. The van der Waals surface area contributed by atoms with Gasteiger partial charge >= 0.3 is 0 Å². The van der Waals surface area contributed by atoms with Gasteiger partial charge in [0.15, 0.2) is 0 Å². The number of anilines is 1. The van der Waals surface area contributed by atoms with Crippen LogP contribution in [0.1, 0.15) is 12.0 Å². The van der Waals surface area contributed by atoms with E-state index >= 15 is 0 Å². The molecule has 0 amide bonds. The van der Waals surface area contributed by atoms with Crippen LogP contribution in [0.25, 0.3) is 0 Å². The van der Waals surface area contributed by atoms with Crippen LogP contribution >= 0.6 is 23.8 Å². The van der Waals surface area contributed by atoms with Crippen LogP contribution < -0.4 is 5.32 Å². The van der Waals surface area contributed by atoms with Crippen molar-refractivity contribution in [1.29, 1.82) is 0 Å². The van der Waals surface area contributed by atoms with Crippen molar-refractivity contribution in [3.63, 3.8) is 0 Å². The summed E-state index contributed by atoms with van der Waals surface area (Å²) >= 11 is 11.1. The Bertz CT molecular complexity index is 511. The predicted molar refractivity (Wildman–Crippen MR) is 80.2 cm³/mol. The number of thiocarbonyl (C=S) groups is 1. The van der Waals surface area contributed by atoms with Crippen LogP contribution in [-0.2, 0) is 6.42 Å². The minimum atomic E-state index is 0.621. The highest BCUT2D eigenvalue weighted by Crippen LogP contribution is 2.11. The van der Waals surface area contributed by atoms with Crippen molar-refractivity contribution in [3.05, 3.63) is 59.2 Å². The van der Waals surface area contributed by atoms with E-state index in [4.69, 9.17) is 23.8 Å². The number of aromatic nitrogens is 1. The zero-order valence-electron chi connectivity index (χ0n) is 9.77. The first kappa shape index (κ1) is 13.0. The molecule has 0 aliphatic rings. The molecule has 0 aliphatic carbocycles. The molecule has 0 atom stereocenters. The minimum absolute atomic E-state index is 0.621. The van der Waals surface area contributed by atoms with Crippen molar-refractivity contribution in [2.75, 3.05) is 5.32 Å². The van der Waals surface area contributed by atoms with Gasteiger partial charge < -0.3 is 5.32 Å². The maximum absolute atomic E-state index is 5.77. The molecule has 2 aromatic rings. The number of aryl methyl sites for hydroxylation is 1. The first-order valence-corrected chi connectivity index (χ1v) is 6.48. The fourth-order valence-electron chi connectivity index (χ4n) is 1.56. The van der Waals surface area contributed by atoms with Gasteiger partial charge in [-0.05, 0) is 24.1 Å². The molecule has 4 heteroatoms. The highest BCUT2D eigenvalue weighted by Gasteiger charge is 2.00. The summed E-state index contributed by atoms with van der Waals surface area (Å²) in [6, 6.07) is 13.9. The Labute approximate surface area is 117 Å². The second-order valence-corrected chi connectivity index (χ2v) is 4.82. The number of rotatable bonds is 4. The predicted octanol–water partition coefficient (Wildman–Crippen LogP) is 4.11. The summed E-state index contributed by atoms with van der Waals surface area (Å²) in [5, 5.41) is 3.72. The van der Waals surface area contributed by atoms with Gasteiger partial charge in [-0.15, -0.1) is 0 Å². The molecule has 92 valence electrons. The highest BCUT2D eigenvalue weighted by atomic mass is 35.5. The third-order valence-corrected chi connectivity index (χ3v) is 3.01. The number of benzene rings is 1. The lowest BCUT2D eigenvalue weighted by Gasteiger charge is -2.07. The number of nitrogens with one attached hydrogen (secondary N) is 1. The Morgan fingerprint density at radius 2 is 1.94 bits per heavy atom. The Balaban J connectivity index is 1.84. The largest absolute Gasteiger partial charge is 0.335 e. The van der Waals surface area contributed by atoms with E-state index in [2.05, 4.69) is 22.4 Å². The van der Waals surface area contributed by atoms with Crippen molar-refractivity contribution in [2.45, 2.75) is 12.8 Å². The molecule has 2 rings (SSSR count). The van der Waals surface area contributed by atoms with Crippen LogP contribution in [-0.4, -0.2) is 9.97 Å². The van der Waals surface area contributed by atoms with E-state index in [9.17, 15) is 0 Å². The number of pyridine rings is 1. The van der Waals surface area contributed by atoms with Crippen molar-refractivity contribution in [3.8, 4) is 0 Å². The van der Waals surface area contributed by atoms with Crippen molar-refractivity contribution >= 4 is 34.6 Å². The molecule has 18 heavy (non-hydrogen) atoms. The SMILES string of the molecule is S=C(CCc1ccccc1)Nc1ccc(Cl)cn1. The van der Waals surface area contributed by atoms with Gasteiger partial charge in [-0.25, -0.2) is 4.98 Å². The van der Waals surface area contributed by atoms with Gasteiger partial charge in [-0.1, -0.05) is 54.2 Å². The Hall–Kier alpha value is -1.45. The Morgan fingerprint density at radius 1 is 1.17 bits per heavy atom. The average molecular weight is 277 g/mol. The number of hydrogen-bond acceptors (Lipinski definition) is 2. The van der Waals surface area contributed by atoms with Gasteiger partial charge in [0, 0.05) is 12.6 Å². The zero-order chi connectivity index (χ0) is 12.8. The van der Waals surface area contributed by atoms with Gasteiger partial charge in [-0.2, -0.15) is 0 Å². The Kier molecular flexibility index (Phi) is 4.67. The average Bonchev–Trinajstić information content (AvgIpc) is 2.40. The molecule has 1 aromatic carbocycles. The lowest BCUT2D eigenvalue weighted by atomic mass is 10.1. The smallest absolute Gasteiger partial charge is 0.130 e. The van der Waals surface area contributed by atoms with E-state index in [1.54, 1.807) is 12.3 Å². The lowest BCUT2D eigenvalue weighted by Crippen LogP contribution is -2.10. The van der Waals surface area contributed by atoms with Gasteiger partial charge in [0.25, 0.3) is 0 Å². The molecule has 1 aromatic heterocycles. The van der Waals surface area contributed by atoms with Gasteiger partial charge in [-0.3, -0.25) is 0 Å². The van der Waals surface area contributed by atoms with E-state index in [-0.39, 0.29) is 0 Å². The van der Waals surface area contributed by atoms with Gasteiger partial charge in [0.1, 0.15) is 5.82 Å². The van der Waals surface area contributed by atoms with Crippen LogP contribution in [0.15, 0.2) is 48.7 Å². The minimum Gasteiger partial charge on any atom is -0.335 e. The molecule has 0 unspecified atom stereocenters. The van der Waals surface area contributed by atoms with Crippen LogP contribution in [0.5, 0.6) is 0 Å². The van der Waals surface area contributed by atoms with Crippen LogP contribution in [0.2, 0.25) is 5.02 Å². The number of nitrogens with zero attached hydrogens (tertiary/aromatic N) is 1. The summed E-state index contributed by atoms with van der Waals surface area (Å²) in [4.78, 5) is 4.93. The number of halogens is 1. The van der Waals surface area contributed by atoms with Crippen molar-refractivity contribution in [1.82, 2.24) is 4.98 Å². The van der Waals surface area contributed by atoms with E-state index in [0.29, 0.717) is 5.02 Å². The molecule has 0 saturated heterocycles. The summed E-state index contributed by atoms with van der Waals surface area (Å²) in [5.74, 6) is 0.734. The van der Waals surface area contributed by atoms with Crippen LogP contribution in [0, 0.1) is 0 Å². The molecule has 0 radical (unpaired) electrons. The third-order valence-electron chi connectivity index (χ3n) is 2.48. The van der Waals surface area contributed by atoms with E-state index < -0.39 is 0 Å². The summed E-state index contributed by atoms with van der Waals surface area (Å²) in [7, 11) is 0. The molecule has 0 spiro atoms. The molecular weight excluding hydrogens is 264 g/mol. The van der Waals surface area contributed by atoms with Gasteiger partial charge in [0.05, 0.1) is 10.0 Å². The van der Waals surface area contributed by atoms with E-state index in [0.717, 1.165) is 23.6 Å². The first-order chi connectivity index (χ1) is 8.74. The molecule has 0 fully saturated rings. The zero-order valence-corrected chi connectivity index (χ0v) is 11.3. The van der Waals surface area contributed by atoms with Crippen molar-refractivity contribution in [2.24, 2.45) is 0 Å². The second kappa shape index (κ2) is 6.47. The summed E-state index contributed by atoms with van der Waals surface area (Å²) < 4.78 is 0. The standard InChI is InChI=1S/C14H13ClN2S/c15-12-7-8-13(16-10-12)17-14(18)9-6-11-4-2-1-3-5-11/h1-5,7-8,10H,6,9H2,(H,16,17,18). The topological polar surface area (TPSA) is 24.9 Å². The van der Waals surface area contributed by atoms with Gasteiger partial charge in [0.2, 0.25) is 0 Å². The summed E-state index contributed by atoms with van der Waals surface area (Å²) in [6.45, 7) is 0. The normalized spacial score (nSPS) is 10.1. The van der Waals surface area contributed by atoms with Crippen LogP contribution in [0.3, 0.4) is 0 Å². The third kappa shape index (κ3) is 4.09. The summed E-state index contributed by atoms with van der Waals surface area (Å²) in [5.41, 5.74) is 1.28. The molecule has 2 nitrogen and oxygen atoms in total. The quantitative estimate of drug-likeness (QED) is 0.851. The first-order valence-electron chi connectivity index (χ1n) is 5.69. The lowest BCUT2D eigenvalue weighted by molar-refractivity contribution is 1.05. The Morgan fingerprint density at radius 3 is 2.61 bits per heavy atom. The molecular formula is C14H13ClN2S. The molecule has 0 saturated carbocycles. The van der Waals surface area contributed by atoms with E-state index in [1.807, 2.05) is 24.3 Å². The van der Waals surface area contributed by atoms with Crippen molar-refractivity contribution < 1.29 is 0 Å². The molecule has 1 N–H and O–H groups in total. The fraction of sp³-hybridized carbons (Fsp3) is 0.143. The molecule has 1 heterocycles. The molecule has 0 aliphatic heterocycles. The molecule has 0 bridgehead atoms.